The Morgan fingerprint density at radius 3 is 2.12 bits per heavy atom. The molecule has 1 N–H and O–H groups in total. The fourth-order valence-electron chi connectivity index (χ4n) is 4.75. The number of hydrogen-bond acceptors (Lipinski definition) is 4. The number of hydrogen-bond donors (Lipinski definition) is 1. The molecule has 4 rings (SSSR count). The molecule has 2 atom stereocenters. The zero-order chi connectivity index (χ0) is 23.0. The van der Waals surface area contributed by atoms with Crippen LogP contribution in [0.25, 0.3) is 0 Å². The largest absolute Gasteiger partial charge is 0.280 e. The lowest BCUT2D eigenvalue weighted by Gasteiger charge is -2.19. The number of carbonyl (C=O) groups is 2. The van der Waals surface area contributed by atoms with Gasteiger partial charge in [0.1, 0.15) is 0 Å². The van der Waals surface area contributed by atoms with E-state index in [1.165, 1.54) is 4.90 Å². The predicted octanol–water partition coefficient (Wildman–Crippen LogP) is 4.59. The van der Waals surface area contributed by atoms with Crippen molar-refractivity contribution < 1.29 is 18.0 Å². The van der Waals surface area contributed by atoms with Crippen molar-refractivity contribution in [3.63, 3.8) is 0 Å². The molecule has 32 heavy (non-hydrogen) atoms. The second-order valence-corrected chi connectivity index (χ2v) is 10.9. The highest BCUT2D eigenvalue weighted by Gasteiger charge is 2.47. The van der Waals surface area contributed by atoms with E-state index in [9.17, 15) is 18.0 Å². The SMILES string of the molecule is Cc1ccc(CN2C(=O)[C@H]3CCCC[C@@H]3C2=O)cc1S(=O)(=O)Nc1ccc(C(C)C)cc1. The Labute approximate surface area is 190 Å². The van der Waals surface area contributed by atoms with Gasteiger partial charge >= 0.3 is 0 Å². The van der Waals surface area contributed by atoms with Gasteiger partial charge in [-0.3, -0.25) is 19.2 Å². The van der Waals surface area contributed by atoms with E-state index in [2.05, 4.69) is 18.6 Å². The van der Waals surface area contributed by atoms with Crippen molar-refractivity contribution in [2.24, 2.45) is 11.8 Å². The minimum atomic E-state index is -3.82. The van der Waals surface area contributed by atoms with E-state index >= 15 is 0 Å². The summed E-state index contributed by atoms with van der Waals surface area (Å²) < 4.78 is 28.9. The summed E-state index contributed by atoms with van der Waals surface area (Å²) in [6.45, 7) is 6.01. The number of nitrogens with zero attached hydrogens (tertiary/aromatic N) is 1. The molecule has 0 spiro atoms. The molecule has 0 radical (unpaired) electrons. The highest BCUT2D eigenvalue weighted by atomic mass is 32.2. The lowest BCUT2D eigenvalue weighted by Crippen LogP contribution is -2.30. The van der Waals surface area contributed by atoms with E-state index in [1.807, 2.05) is 12.1 Å². The van der Waals surface area contributed by atoms with Gasteiger partial charge in [-0.15, -0.1) is 0 Å². The smallest absolute Gasteiger partial charge is 0.262 e. The number of fused-ring (bicyclic) bond motifs is 1. The first-order valence-corrected chi connectivity index (χ1v) is 12.7. The van der Waals surface area contributed by atoms with E-state index in [-0.39, 0.29) is 35.1 Å². The van der Waals surface area contributed by atoms with Crippen molar-refractivity contribution in [3.8, 4) is 0 Å². The molecule has 0 bridgehead atoms. The molecular formula is C25H30N2O4S. The molecule has 2 aromatic carbocycles. The van der Waals surface area contributed by atoms with Crippen molar-refractivity contribution in [2.75, 3.05) is 4.72 Å². The quantitative estimate of drug-likeness (QED) is 0.647. The Bertz CT molecular complexity index is 1120. The molecule has 7 heteroatoms. The van der Waals surface area contributed by atoms with E-state index in [0.717, 1.165) is 31.2 Å². The van der Waals surface area contributed by atoms with Crippen molar-refractivity contribution >= 4 is 27.5 Å². The Morgan fingerprint density at radius 1 is 0.969 bits per heavy atom. The summed E-state index contributed by atoms with van der Waals surface area (Å²) in [5.74, 6) is -0.290. The lowest BCUT2D eigenvalue weighted by molar-refractivity contribution is -0.140. The van der Waals surface area contributed by atoms with Gasteiger partial charge in [-0.2, -0.15) is 0 Å². The van der Waals surface area contributed by atoms with E-state index in [0.29, 0.717) is 22.7 Å². The topological polar surface area (TPSA) is 83.6 Å². The van der Waals surface area contributed by atoms with Gasteiger partial charge in [0.2, 0.25) is 11.8 Å². The maximum Gasteiger partial charge on any atom is 0.262 e. The van der Waals surface area contributed by atoms with E-state index in [4.69, 9.17) is 0 Å². The maximum absolute atomic E-state index is 13.1. The normalized spacial score (nSPS) is 21.2. The third-order valence-corrected chi connectivity index (χ3v) is 8.17. The van der Waals surface area contributed by atoms with Gasteiger partial charge in [-0.1, -0.05) is 51.0 Å². The van der Waals surface area contributed by atoms with Crippen LogP contribution >= 0.6 is 0 Å². The lowest BCUT2D eigenvalue weighted by atomic mass is 9.81. The first-order chi connectivity index (χ1) is 15.2. The van der Waals surface area contributed by atoms with Crippen molar-refractivity contribution in [1.82, 2.24) is 4.90 Å². The van der Waals surface area contributed by atoms with Crippen LogP contribution in [0.5, 0.6) is 0 Å². The van der Waals surface area contributed by atoms with Crippen LogP contribution in [0.4, 0.5) is 5.69 Å². The summed E-state index contributed by atoms with van der Waals surface area (Å²) in [4.78, 5) is 27.1. The zero-order valence-corrected chi connectivity index (χ0v) is 19.6. The number of aryl methyl sites for hydroxylation is 1. The monoisotopic (exact) mass is 454 g/mol. The molecule has 0 aromatic heterocycles. The van der Waals surface area contributed by atoms with Crippen LogP contribution < -0.4 is 4.72 Å². The average Bonchev–Trinajstić information content (AvgIpc) is 3.00. The fourth-order valence-corrected chi connectivity index (χ4v) is 6.10. The molecule has 1 aliphatic heterocycles. The molecular weight excluding hydrogens is 424 g/mol. The minimum absolute atomic E-state index is 0.108. The number of carbonyl (C=O) groups excluding carboxylic acids is 2. The Morgan fingerprint density at radius 2 is 1.56 bits per heavy atom. The first-order valence-electron chi connectivity index (χ1n) is 11.2. The molecule has 170 valence electrons. The number of nitrogens with one attached hydrogen (secondary N) is 1. The number of anilines is 1. The maximum atomic E-state index is 13.1. The fraction of sp³-hybridized carbons (Fsp3) is 0.440. The van der Waals surface area contributed by atoms with Crippen LogP contribution in [0.3, 0.4) is 0 Å². The zero-order valence-electron chi connectivity index (χ0n) is 18.8. The van der Waals surface area contributed by atoms with E-state index in [1.54, 1.807) is 37.3 Å². The van der Waals surface area contributed by atoms with Crippen molar-refractivity contribution in [2.45, 2.75) is 63.8 Å². The van der Waals surface area contributed by atoms with Gasteiger partial charge in [0.15, 0.2) is 0 Å². The third kappa shape index (κ3) is 4.31. The van der Waals surface area contributed by atoms with E-state index < -0.39 is 10.0 Å². The van der Waals surface area contributed by atoms with Gasteiger partial charge in [-0.05, 0) is 60.6 Å². The predicted molar refractivity (Wildman–Crippen MR) is 124 cm³/mol. The summed E-state index contributed by atoms with van der Waals surface area (Å²) in [5, 5.41) is 0. The molecule has 0 unspecified atom stereocenters. The standard InChI is InChI=1S/C25H30N2O4S/c1-16(2)19-10-12-20(13-11-19)26-32(30,31)23-14-18(9-8-17(23)3)15-27-24(28)21-6-4-5-7-22(21)25(27)29/h8-14,16,21-22,26H,4-7,15H2,1-3H3/t21-,22-/m0/s1. The second-order valence-electron chi connectivity index (χ2n) is 9.24. The molecule has 1 saturated carbocycles. The van der Waals surface area contributed by atoms with Crippen LogP contribution in [-0.2, 0) is 26.2 Å². The molecule has 1 aliphatic carbocycles. The number of benzene rings is 2. The van der Waals surface area contributed by atoms with Crippen molar-refractivity contribution in [1.29, 1.82) is 0 Å². The highest BCUT2D eigenvalue weighted by molar-refractivity contribution is 7.92. The Balaban J connectivity index is 1.55. The Hall–Kier alpha value is -2.67. The second kappa shape index (κ2) is 8.70. The molecule has 1 heterocycles. The molecule has 2 aromatic rings. The summed E-state index contributed by atoms with van der Waals surface area (Å²) in [6.07, 6.45) is 3.48. The van der Waals surface area contributed by atoms with Gasteiger partial charge < -0.3 is 0 Å². The number of sulfonamides is 1. The number of amides is 2. The molecule has 2 aliphatic rings. The van der Waals surface area contributed by atoms with Crippen LogP contribution in [0.2, 0.25) is 0 Å². The first kappa shape index (κ1) is 22.5. The van der Waals surface area contributed by atoms with Crippen LogP contribution in [0, 0.1) is 18.8 Å². The van der Waals surface area contributed by atoms with Crippen LogP contribution in [0.1, 0.15) is 62.1 Å². The summed E-state index contributed by atoms with van der Waals surface area (Å²) in [6, 6.07) is 12.4. The third-order valence-electron chi connectivity index (χ3n) is 6.64. The molecule has 1 saturated heterocycles. The van der Waals surface area contributed by atoms with Gasteiger partial charge in [0, 0.05) is 5.69 Å². The number of imide groups is 1. The molecule has 2 amide bonds. The summed E-state index contributed by atoms with van der Waals surface area (Å²) >= 11 is 0. The number of likely N-dealkylation sites (tertiary alicyclic amines) is 1. The van der Waals surface area contributed by atoms with Gasteiger partial charge in [-0.25, -0.2) is 8.42 Å². The van der Waals surface area contributed by atoms with Crippen molar-refractivity contribution in [3.05, 3.63) is 59.2 Å². The van der Waals surface area contributed by atoms with Gasteiger partial charge in [0.05, 0.1) is 23.3 Å². The van der Waals surface area contributed by atoms with Gasteiger partial charge in [0.25, 0.3) is 10.0 Å². The Kier molecular flexibility index (Phi) is 6.12. The minimum Gasteiger partial charge on any atom is -0.280 e. The van der Waals surface area contributed by atoms with Crippen LogP contribution in [0.15, 0.2) is 47.4 Å². The summed E-state index contributed by atoms with van der Waals surface area (Å²) in [5.41, 5.74) is 2.86. The highest BCUT2D eigenvalue weighted by Crippen LogP contribution is 2.38. The molecule has 2 fully saturated rings. The molecule has 6 nitrogen and oxygen atoms in total. The summed E-state index contributed by atoms with van der Waals surface area (Å²) in [7, 11) is -3.82. The van der Waals surface area contributed by atoms with Crippen LogP contribution in [-0.4, -0.2) is 25.1 Å². The average molecular weight is 455 g/mol. The number of rotatable bonds is 6.